The lowest BCUT2D eigenvalue weighted by atomic mass is 9.84. The number of nitrogens with two attached hydrogens (primary N) is 1. The number of ether oxygens (including phenoxy) is 1. The van der Waals surface area contributed by atoms with Crippen molar-refractivity contribution in [2.24, 2.45) is 5.16 Å². The van der Waals surface area contributed by atoms with E-state index in [4.69, 9.17) is 25.3 Å². The van der Waals surface area contributed by atoms with Crippen LogP contribution >= 0.6 is 11.3 Å². The highest BCUT2D eigenvalue weighted by molar-refractivity contribution is 7.80. The van der Waals surface area contributed by atoms with Gasteiger partial charge in [-0.25, -0.2) is 9.78 Å². The average molecular weight is 683 g/mol. The van der Waals surface area contributed by atoms with Crippen molar-refractivity contribution < 1.29 is 46.3 Å². The molecular formula is C26H34N8O10S2. The number of nitrogens with zero attached hydrogens (tertiary/aromatic N) is 3. The van der Waals surface area contributed by atoms with Gasteiger partial charge in [0, 0.05) is 23.0 Å². The van der Waals surface area contributed by atoms with Crippen LogP contribution in [0.5, 0.6) is 5.75 Å². The van der Waals surface area contributed by atoms with Gasteiger partial charge in [0.1, 0.15) is 29.9 Å². The Balaban J connectivity index is 1.48. The monoisotopic (exact) mass is 682 g/mol. The smallest absolute Gasteiger partial charge is 0.418 e. The van der Waals surface area contributed by atoms with Crippen LogP contribution < -0.4 is 26.4 Å². The molecule has 18 nitrogen and oxygen atoms in total. The van der Waals surface area contributed by atoms with E-state index in [1.54, 1.807) is 31.2 Å². The summed E-state index contributed by atoms with van der Waals surface area (Å²) in [7, 11) is -5.02. The van der Waals surface area contributed by atoms with E-state index >= 15 is 0 Å². The topological polar surface area (TPSA) is 268 Å². The fourth-order valence-electron chi connectivity index (χ4n) is 4.62. The molecule has 0 bridgehead atoms. The quantitative estimate of drug-likeness (QED) is 0.0442. The third-order valence-corrected chi connectivity index (χ3v) is 8.46. The van der Waals surface area contributed by atoms with Gasteiger partial charge in [-0.1, -0.05) is 12.1 Å². The minimum atomic E-state index is -5.02. The maximum absolute atomic E-state index is 13.4. The second-order valence-electron chi connectivity index (χ2n) is 10.8. The molecule has 0 aliphatic carbocycles. The zero-order valence-electron chi connectivity index (χ0n) is 25.0. The van der Waals surface area contributed by atoms with Crippen molar-refractivity contribution in [2.75, 3.05) is 25.4 Å². The van der Waals surface area contributed by atoms with E-state index in [0.29, 0.717) is 27.7 Å². The van der Waals surface area contributed by atoms with Gasteiger partial charge in [0.05, 0.1) is 5.54 Å². The number of carbonyl (C=O) groups excluding carboxylic acids is 2. The minimum Gasteiger partial charge on any atom is -0.489 e. The molecule has 2 aliphatic rings. The van der Waals surface area contributed by atoms with Crippen molar-refractivity contribution >= 4 is 56.2 Å². The van der Waals surface area contributed by atoms with Gasteiger partial charge in [-0.2, -0.15) is 13.5 Å². The summed E-state index contributed by atoms with van der Waals surface area (Å²) in [5.74, 6) is -2.93. The van der Waals surface area contributed by atoms with Gasteiger partial charge < -0.3 is 36.4 Å². The SMILES string of the molecule is CCc1sc(N)nc1/C(=N/O[C@@H](COc1ccc(C(=N)N[C@H]2CCNC2)cc1)C(=O)O)C(=O)N[C@@H]1C(=O)N(OS(=O)(=O)O)C1(C)C. The number of carboxylic acid groups (broad SMARTS) is 1. The number of nitrogen functional groups attached to an aromatic ring is 1. The van der Waals surface area contributed by atoms with Crippen LogP contribution in [0.2, 0.25) is 0 Å². The van der Waals surface area contributed by atoms with Gasteiger partial charge in [-0.15, -0.1) is 15.6 Å². The van der Waals surface area contributed by atoms with Crippen LogP contribution in [-0.4, -0.2) is 101 Å². The third-order valence-electron chi connectivity index (χ3n) is 7.10. The Kier molecular flexibility index (Phi) is 10.5. The highest BCUT2D eigenvalue weighted by Crippen LogP contribution is 2.33. The highest BCUT2D eigenvalue weighted by Gasteiger charge is 2.58. The lowest BCUT2D eigenvalue weighted by Gasteiger charge is -2.50. The molecule has 20 heteroatoms. The highest BCUT2D eigenvalue weighted by atomic mass is 32.3. The lowest BCUT2D eigenvalue weighted by molar-refractivity contribution is -0.218. The molecule has 0 saturated carbocycles. The largest absolute Gasteiger partial charge is 0.489 e. The standard InChI is InChI=1S/C26H34N8O10S2/c1-4-17-18(31-25(28)45-17)19(22(35)32-20-23(36)34(26(20,2)3)44-46(39,40)41)33-43-16(24(37)38)12-42-15-7-5-13(6-8-15)21(27)30-14-9-10-29-11-14/h5-8,14,16,20,29H,4,9-12H2,1-3H3,(H2,27,30)(H2,28,31)(H,32,35)(H,37,38)(H,39,40,41)/b33-19-/t14-,16-,20+/m0/s1. The fraction of sp³-hybridized carbons (Fsp3) is 0.462. The molecule has 4 rings (SSSR count). The predicted molar refractivity (Wildman–Crippen MR) is 164 cm³/mol. The number of β-lactam (4-membered cyclic amide) rings is 1. The Morgan fingerprint density at radius 2 is 2.00 bits per heavy atom. The maximum Gasteiger partial charge on any atom is 0.418 e. The zero-order chi connectivity index (χ0) is 33.8. The molecule has 3 heterocycles. The summed E-state index contributed by atoms with van der Waals surface area (Å²) in [5.41, 5.74) is 4.52. The molecule has 3 atom stereocenters. The molecule has 0 unspecified atom stereocenters. The molecule has 1 aromatic carbocycles. The van der Waals surface area contributed by atoms with E-state index in [2.05, 4.69) is 30.4 Å². The minimum absolute atomic E-state index is 0.0109. The van der Waals surface area contributed by atoms with Crippen LogP contribution in [0.25, 0.3) is 0 Å². The number of aromatic nitrogens is 1. The van der Waals surface area contributed by atoms with Crippen LogP contribution in [0.15, 0.2) is 29.4 Å². The number of oxime groups is 1. The average Bonchev–Trinajstić information content (AvgIpc) is 3.64. The number of benzene rings is 1. The number of rotatable bonds is 14. The second-order valence-corrected chi connectivity index (χ2v) is 12.9. The summed E-state index contributed by atoms with van der Waals surface area (Å²) >= 11 is 1.06. The number of carboxylic acids is 1. The van der Waals surface area contributed by atoms with E-state index < -0.39 is 58.2 Å². The summed E-state index contributed by atoms with van der Waals surface area (Å²) in [5, 5.41) is 31.0. The number of hydroxylamine groups is 2. The molecule has 2 saturated heterocycles. The van der Waals surface area contributed by atoms with Crippen molar-refractivity contribution in [1.82, 2.24) is 26.0 Å². The summed E-state index contributed by atoms with van der Waals surface area (Å²) in [4.78, 5) is 47.9. The van der Waals surface area contributed by atoms with Gasteiger partial charge in [-0.05, 0) is 57.5 Å². The Morgan fingerprint density at radius 1 is 1.30 bits per heavy atom. The Morgan fingerprint density at radius 3 is 2.57 bits per heavy atom. The number of anilines is 1. The van der Waals surface area contributed by atoms with Crippen LogP contribution in [0.3, 0.4) is 0 Å². The zero-order valence-corrected chi connectivity index (χ0v) is 26.6. The van der Waals surface area contributed by atoms with Crippen LogP contribution in [0.4, 0.5) is 5.13 Å². The molecule has 0 radical (unpaired) electrons. The molecule has 2 fully saturated rings. The van der Waals surface area contributed by atoms with Crippen molar-refractivity contribution in [3.63, 3.8) is 0 Å². The summed E-state index contributed by atoms with van der Waals surface area (Å²) < 4.78 is 41.1. The Hall–Kier alpha value is -4.37. The van der Waals surface area contributed by atoms with Crippen LogP contribution in [0.1, 0.15) is 43.3 Å². The number of hydrogen-bond donors (Lipinski definition) is 7. The first-order valence-corrected chi connectivity index (χ1v) is 16.1. The molecule has 8 N–H and O–H groups in total. The molecule has 2 aliphatic heterocycles. The maximum atomic E-state index is 13.4. The normalized spacial score (nSPS) is 20.0. The molecule has 46 heavy (non-hydrogen) atoms. The van der Waals surface area contributed by atoms with Gasteiger partial charge in [-0.3, -0.25) is 19.6 Å². The van der Waals surface area contributed by atoms with E-state index in [-0.39, 0.29) is 22.7 Å². The number of amides is 2. The van der Waals surface area contributed by atoms with Crippen molar-refractivity contribution in [1.29, 1.82) is 5.41 Å². The van der Waals surface area contributed by atoms with Crippen molar-refractivity contribution in [2.45, 2.75) is 57.3 Å². The lowest BCUT2D eigenvalue weighted by Crippen LogP contribution is -2.76. The Bertz CT molecular complexity index is 1620. The number of thiazole rings is 1. The first kappa shape index (κ1) is 34.5. The second kappa shape index (κ2) is 14.0. The number of carbonyl (C=O) groups is 3. The molecule has 2 aromatic rings. The van der Waals surface area contributed by atoms with Gasteiger partial charge in [0.15, 0.2) is 10.8 Å². The van der Waals surface area contributed by atoms with Crippen LogP contribution in [-0.2, 0) is 40.3 Å². The molecular weight excluding hydrogens is 648 g/mol. The van der Waals surface area contributed by atoms with E-state index in [1.807, 2.05) is 0 Å². The number of amidine groups is 1. The van der Waals surface area contributed by atoms with Gasteiger partial charge >= 0.3 is 16.4 Å². The number of aliphatic carboxylic acids is 1. The molecule has 250 valence electrons. The third kappa shape index (κ3) is 8.07. The van der Waals surface area contributed by atoms with Gasteiger partial charge in [0.2, 0.25) is 0 Å². The summed E-state index contributed by atoms with van der Waals surface area (Å²) in [6.45, 7) is 5.62. The number of hydrogen-bond acceptors (Lipinski definition) is 14. The Labute approximate surface area is 267 Å². The first-order chi connectivity index (χ1) is 21.6. The molecule has 0 spiro atoms. The van der Waals surface area contributed by atoms with Crippen molar-refractivity contribution in [3.05, 3.63) is 40.4 Å². The molecule has 2 amide bonds. The fourth-order valence-corrected chi connectivity index (χ4v) is 5.85. The number of nitrogens with one attached hydrogen (secondary N) is 4. The summed E-state index contributed by atoms with van der Waals surface area (Å²) in [6.07, 6.45) is -0.422. The van der Waals surface area contributed by atoms with Crippen LogP contribution in [0, 0.1) is 5.41 Å². The van der Waals surface area contributed by atoms with E-state index in [1.165, 1.54) is 13.8 Å². The molecule has 1 aromatic heterocycles. The summed E-state index contributed by atoms with van der Waals surface area (Å²) in [6, 6.07) is 5.26. The van der Waals surface area contributed by atoms with Gasteiger partial charge in [0.25, 0.3) is 17.9 Å². The number of aryl methyl sites for hydroxylation is 1. The van der Waals surface area contributed by atoms with E-state index in [9.17, 15) is 27.9 Å². The van der Waals surface area contributed by atoms with E-state index in [0.717, 1.165) is 30.8 Å². The predicted octanol–water partition coefficient (Wildman–Crippen LogP) is -0.343. The first-order valence-electron chi connectivity index (χ1n) is 13.9. The van der Waals surface area contributed by atoms with Crippen molar-refractivity contribution in [3.8, 4) is 5.75 Å².